The molecule has 0 spiro atoms. The zero-order chi connectivity index (χ0) is 16.3. The molecular weight excluding hydrogens is 291 g/mol. The second kappa shape index (κ2) is 10.8. The Hall–Kier alpha value is -0.880. The van der Waals surface area contributed by atoms with Crippen molar-refractivity contribution in [3.05, 3.63) is 30.3 Å². The average Bonchev–Trinajstić information content (AvgIpc) is 2.44. The van der Waals surface area contributed by atoms with Gasteiger partial charge < -0.3 is 4.74 Å². The summed E-state index contributed by atoms with van der Waals surface area (Å²) < 4.78 is 5.30. The van der Waals surface area contributed by atoms with Crippen LogP contribution in [0.5, 0.6) is 0 Å². The van der Waals surface area contributed by atoms with Crippen molar-refractivity contribution in [3.63, 3.8) is 0 Å². The van der Waals surface area contributed by atoms with Gasteiger partial charge >= 0.3 is 5.97 Å². The first kappa shape index (κ1) is 19.2. The number of esters is 1. The van der Waals surface area contributed by atoms with Gasteiger partial charge in [-0.3, -0.25) is 4.79 Å². The Kier molecular flexibility index (Phi) is 9.39. The van der Waals surface area contributed by atoms with Crippen LogP contribution < -0.4 is 5.30 Å². The van der Waals surface area contributed by atoms with Crippen molar-refractivity contribution in [2.24, 2.45) is 0 Å². The number of hydrogen-bond donors (Lipinski definition) is 0. The van der Waals surface area contributed by atoms with Gasteiger partial charge in [0.05, 0.1) is 0 Å². The van der Waals surface area contributed by atoms with Crippen LogP contribution in [0, 0.1) is 0 Å². The highest BCUT2D eigenvalue weighted by Crippen LogP contribution is 2.15. The van der Waals surface area contributed by atoms with Gasteiger partial charge in [-0.25, -0.2) is 0 Å². The number of rotatable bonds is 10. The molecule has 1 unspecified atom stereocenters. The summed E-state index contributed by atoms with van der Waals surface area (Å²) in [6.07, 6.45) is 9.12. The molecule has 2 nitrogen and oxygen atoms in total. The largest absolute Gasteiger partial charge is 0.460 e. The first-order valence-electron chi connectivity index (χ1n) is 8.48. The molecule has 3 heteroatoms. The fraction of sp³-hybridized carbons (Fsp3) is 0.632. The monoisotopic (exact) mass is 322 g/mol. The molecule has 0 aliphatic carbocycles. The molecule has 0 radical (unpaired) electrons. The van der Waals surface area contributed by atoms with E-state index in [0.717, 1.165) is 21.4 Å². The zero-order valence-electron chi connectivity index (χ0n) is 14.4. The predicted molar refractivity (Wildman–Crippen MR) is 97.4 cm³/mol. The van der Waals surface area contributed by atoms with E-state index in [1.54, 1.807) is 0 Å². The van der Waals surface area contributed by atoms with Gasteiger partial charge in [0.25, 0.3) is 0 Å². The van der Waals surface area contributed by atoms with Gasteiger partial charge in [0, 0.05) is 6.42 Å². The van der Waals surface area contributed by atoms with Gasteiger partial charge in [-0.15, -0.1) is 0 Å². The van der Waals surface area contributed by atoms with Crippen LogP contribution >= 0.6 is 8.58 Å². The Morgan fingerprint density at radius 1 is 0.955 bits per heavy atom. The molecule has 1 aromatic rings. The van der Waals surface area contributed by atoms with Gasteiger partial charge in [0.2, 0.25) is 0 Å². The summed E-state index contributed by atoms with van der Waals surface area (Å²) >= 11 is 0. The van der Waals surface area contributed by atoms with Crippen LogP contribution in [0.3, 0.4) is 0 Å². The van der Waals surface area contributed by atoms with E-state index in [9.17, 15) is 4.79 Å². The predicted octanol–water partition coefficient (Wildman–Crippen LogP) is 5.06. The Bertz CT molecular complexity index is 409. The lowest BCUT2D eigenvalue weighted by atomic mass is 10.1. The average molecular weight is 322 g/mol. The van der Waals surface area contributed by atoms with Gasteiger partial charge in [-0.1, -0.05) is 64.6 Å². The van der Waals surface area contributed by atoms with Crippen LogP contribution in [0.4, 0.5) is 0 Å². The lowest BCUT2D eigenvalue weighted by Gasteiger charge is -2.19. The molecule has 0 saturated carbocycles. The molecule has 0 aliphatic heterocycles. The van der Waals surface area contributed by atoms with Crippen LogP contribution in [0.15, 0.2) is 30.3 Å². The summed E-state index contributed by atoms with van der Waals surface area (Å²) in [5.41, 5.74) is -0.351. The maximum atomic E-state index is 11.5. The molecule has 1 aromatic carbocycles. The lowest BCUT2D eigenvalue weighted by molar-refractivity contribution is -0.154. The van der Waals surface area contributed by atoms with E-state index < -0.39 is 0 Å². The van der Waals surface area contributed by atoms with E-state index in [1.807, 2.05) is 20.8 Å². The molecule has 0 aliphatic rings. The van der Waals surface area contributed by atoms with E-state index in [-0.39, 0.29) is 11.6 Å². The second-order valence-corrected chi connectivity index (χ2v) is 8.18. The number of benzene rings is 1. The van der Waals surface area contributed by atoms with Crippen LogP contribution in [0.1, 0.15) is 65.7 Å². The third kappa shape index (κ3) is 10.8. The molecule has 0 fully saturated rings. The molecule has 124 valence electrons. The third-order valence-electron chi connectivity index (χ3n) is 3.33. The Morgan fingerprint density at radius 2 is 1.55 bits per heavy atom. The smallest absolute Gasteiger partial charge is 0.306 e. The summed E-state index contributed by atoms with van der Waals surface area (Å²) in [7, 11) is 0.946. The van der Waals surface area contributed by atoms with Crippen molar-refractivity contribution >= 4 is 19.9 Å². The van der Waals surface area contributed by atoms with Crippen molar-refractivity contribution in [2.45, 2.75) is 71.3 Å². The molecule has 0 saturated heterocycles. The number of unbranched alkanes of at least 4 members (excludes halogenated alkanes) is 5. The van der Waals surface area contributed by atoms with Crippen molar-refractivity contribution in [1.29, 1.82) is 0 Å². The summed E-state index contributed by atoms with van der Waals surface area (Å²) in [5, 5.41) is 1.47. The summed E-state index contributed by atoms with van der Waals surface area (Å²) in [6.45, 7) is 5.75. The van der Waals surface area contributed by atoms with Gasteiger partial charge in [-0.05, 0) is 45.1 Å². The van der Waals surface area contributed by atoms with Crippen molar-refractivity contribution in [3.8, 4) is 0 Å². The number of carbonyl (C=O) groups is 1. The number of hydrogen-bond acceptors (Lipinski definition) is 2. The molecule has 22 heavy (non-hydrogen) atoms. The van der Waals surface area contributed by atoms with Crippen LogP contribution in [-0.2, 0) is 9.53 Å². The minimum atomic E-state index is -0.351. The van der Waals surface area contributed by atoms with Crippen molar-refractivity contribution in [1.82, 2.24) is 0 Å². The van der Waals surface area contributed by atoms with Crippen molar-refractivity contribution in [2.75, 3.05) is 6.16 Å². The maximum Gasteiger partial charge on any atom is 0.306 e. The van der Waals surface area contributed by atoms with E-state index in [1.165, 1.54) is 37.1 Å². The molecule has 1 rings (SSSR count). The molecule has 0 bridgehead atoms. The summed E-state index contributed by atoms with van der Waals surface area (Å²) in [6, 6.07) is 10.7. The van der Waals surface area contributed by atoms with Crippen LogP contribution in [0.2, 0.25) is 0 Å². The highest BCUT2D eigenvalue weighted by atomic mass is 31.1. The normalized spacial score (nSPS) is 12.0. The first-order chi connectivity index (χ1) is 10.5. The molecule has 0 amide bonds. The quantitative estimate of drug-likeness (QED) is 0.342. The van der Waals surface area contributed by atoms with Gasteiger partial charge in [-0.2, -0.15) is 0 Å². The fourth-order valence-electron chi connectivity index (χ4n) is 2.28. The molecule has 0 aromatic heterocycles. The summed E-state index contributed by atoms with van der Waals surface area (Å²) in [5.74, 6) is -0.0587. The number of carbonyl (C=O) groups excluding carboxylic acids is 1. The van der Waals surface area contributed by atoms with Crippen molar-refractivity contribution < 1.29 is 9.53 Å². The molecular formula is C19H31O2P. The topological polar surface area (TPSA) is 26.3 Å². The Morgan fingerprint density at radius 3 is 2.18 bits per heavy atom. The van der Waals surface area contributed by atoms with Crippen LogP contribution in [0.25, 0.3) is 0 Å². The minimum Gasteiger partial charge on any atom is -0.460 e. The molecule has 0 heterocycles. The SMILES string of the molecule is CC(C)(C)OC(=O)CCCCCCCCPc1ccccc1. The highest BCUT2D eigenvalue weighted by molar-refractivity contribution is 7.47. The Labute approximate surface area is 137 Å². The van der Waals surface area contributed by atoms with E-state index in [4.69, 9.17) is 4.74 Å². The van der Waals surface area contributed by atoms with Gasteiger partial charge in [0.1, 0.15) is 5.60 Å². The number of ether oxygens (including phenoxy) is 1. The third-order valence-corrected chi connectivity index (χ3v) is 4.68. The Balaban J connectivity index is 1.89. The van der Waals surface area contributed by atoms with Crippen LogP contribution in [-0.4, -0.2) is 17.7 Å². The summed E-state index contributed by atoms with van der Waals surface area (Å²) in [4.78, 5) is 11.5. The molecule has 1 atom stereocenters. The first-order valence-corrected chi connectivity index (χ1v) is 9.69. The lowest BCUT2D eigenvalue weighted by Crippen LogP contribution is -2.23. The zero-order valence-corrected chi connectivity index (χ0v) is 15.4. The highest BCUT2D eigenvalue weighted by Gasteiger charge is 2.15. The maximum absolute atomic E-state index is 11.5. The van der Waals surface area contributed by atoms with E-state index >= 15 is 0 Å². The molecule has 0 N–H and O–H groups in total. The standard InChI is InChI=1S/C19H31O2P/c1-19(2,3)21-18(20)15-11-6-4-5-7-12-16-22-17-13-9-8-10-14-17/h8-10,13-14,22H,4-7,11-12,15-16H2,1-3H3. The van der Waals surface area contributed by atoms with E-state index in [2.05, 4.69) is 30.3 Å². The van der Waals surface area contributed by atoms with E-state index in [0.29, 0.717) is 6.42 Å². The fourth-order valence-corrected chi connectivity index (χ4v) is 3.43. The minimum absolute atomic E-state index is 0.0587. The second-order valence-electron chi connectivity index (χ2n) is 6.75. The van der Waals surface area contributed by atoms with Gasteiger partial charge in [0.15, 0.2) is 0 Å².